The van der Waals surface area contributed by atoms with Gasteiger partial charge in [-0.25, -0.2) is 4.98 Å². The molecular formula is C16H23N3. The molecule has 1 aliphatic rings. The first-order valence-corrected chi connectivity index (χ1v) is 7.44. The summed E-state index contributed by atoms with van der Waals surface area (Å²) in [4.78, 5) is 4.69. The number of imidazole rings is 1. The Balaban J connectivity index is 1.85. The molecule has 0 spiro atoms. The lowest BCUT2D eigenvalue weighted by atomic mass is 9.91. The summed E-state index contributed by atoms with van der Waals surface area (Å²) in [6, 6.07) is 6.82. The first kappa shape index (κ1) is 12.7. The summed E-state index contributed by atoms with van der Waals surface area (Å²) >= 11 is 0. The van der Waals surface area contributed by atoms with Crippen LogP contribution in [0.15, 0.2) is 18.2 Å². The molecule has 0 saturated carbocycles. The number of piperidine rings is 1. The van der Waals surface area contributed by atoms with Crippen molar-refractivity contribution in [3.63, 3.8) is 0 Å². The van der Waals surface area contributed by atoms with Crippen molar-refractivity contribution in [2.45, 2.75) is 39.7 Å². The number of aromatic nitrogens is 2. The molecule has 0 bridgehead atoms. The third kappa shape index (κ3) is 2.52. The number of rotatable bonds is 3. The van der Waals surface area contributed by atoms with E-state index in [2.05, 4.69) is 46.9 Å². The van der Waals surface area contributed by atoms with Crippen LogP contribution in [0.4, 0.5) is 0 Å². The van der Waals surface area contributed by atoms with Crippen LogP contribution < -0.4 is 5.32 Å². The molecule has 0 amide bonds. The van der Waals surface area contributed by atoms with E-state index in [4.69, 9.17) is 0 Å². The molecule has 0 radical (unpaired) electrons. The first-order valence-electron chi connectivity index (χ1n) is 7.44. The molecule has 0 unspecified atom stereocenters. The minimum atomic E-state index is 0.841. The van der Waals surface area contributed by atoms with Crippen molar-refractivity contribution in [1.29, 1.82) is 0 Å². The van der Waals surface area contributed by atoms with Crippen molar-refractivity contribution in [1.82, 2.24) is 14.9 Å². The largest absolute Gasteiger partial charge is 0.329 e. The molecule has 1 fully saturated rings. The second kappa shape index (κ2) is 5.33. The van der Waals surface area contributed by atoms with Crippen LogP contribution in [0.5, 0.6) is 0 Å². The summed E-state index contributed by atoms with van der Waals surface area (Å²) in [6.07, 6.45) is 3.82. The SMILES string of the molecule is CCn1c(C)nc2cc(CC3CCNCC3)ccc21. The van der Waals surface area contributed by atoms with Crippen molar-refractivity contribution in [2.75, 3.05) is 13.1 Å². The molecule has 3 heteroatoms. The molecule has 1 aromatic heterocycles. The molecule has 0 aliphatic carbocycles. The summed E-state index contributed by atoms with van der Waals surface area (Å²) < 4.78 is 2.28. The zero-order chi connectivity index (χ0) is 13.2. The van der Waals surface area contributed by atoms with Crippen LogP contribution >= 0.6 is 0 Å². The maximum absolute atomic E-state index is 4.69. The maximum atomic E-state index is 4.69. The van der Waals surface area contributed by atoms with E-state index < -0.39 is 0 Å². The van der Waals surface area contributed by atoms with Gasteiger partial charge in [0.15, 0.2) is 0 Å². The summed E-state index contributed by atoms with van der Waals surface area (Å²) in [5.74, 6) is 1.96. The smallest absolute Gasteiger partial charge is 0.106 e. The quantitative estimate of drug-likeness (QED) is 0.916. The molecule has 3 rings (SSSR count). The van der Waals surface area contributed by atoms with E-state index in [9.17, 15) is 0 Å². The lowest BCUT2D eigenvalue weighted by Crippen LogP contribution is -2.28. The third-order valence-electron chi connectivity index (χ3n) is 4.30. The molecule has 3 nitrogen and oxygen atoms in total. The third-order valence-corrected chi connectivity index (χ3v) is 4.30. The Morgan fingerprint density at radius 3 is 2.84 bits per heavy atom. The number of nitrogens with one attached hydrogen (secondary N) is 1. The number of aryl methyl sites for hydroxylation is 2. The van der Waals surface area contributed by atoms with Gasteiger partial charge in [-0.3, -0.25) is 0 Å². The van der Waals surface area contributed by atoms with E-state index in [-0.39, 0.29) is 0 Å². The fourth-order valence-electron chi connectivity index (χ4n) is 3.24. The lowest BCUT2D eigenvalue weighted by molar-refractivity contribution is 0.373. The molecule has 0 atom stereocenters. The van der Waals surface area contributed by atoms with E-state index in [0.29, 0.717) is 0 Å². The van der Waals surface area contributed by atoms with Gasteiger partial charge >= 0.3 is 0 Å². The summed E-state index contributed by atoms with van der Waals surface area (Å²) in [6.45, 7) is 7.62. The second-order valence-corrected chi connectivity index (χ2v) is 5.62. The van der Waals surface area contributed by atoms with E-state index in [0.717, 1.165) is 23.8 Å². The number of hydrogen-bond acceptors (Lipinski definition) is 2. The molecule has 2 heterocycles. The van der Waals surface area contributed by atoms with E-state index in [1.165, 1.54) is 43.4 Å². The van der Waals surface area contributed by atoms with Gasteiger partial charge in [-0.15, -0.1) is 0 Å². The van der Waals surface area contributed by atoms with Crippen LogP contribution in [0, 0.1) is 12.8 Å². The Kier molecular flexibility index (Phi) is 3.56. The van der Waals surface area contributed by atoms with Crippen LogP contribution in [0.1, 0.15) is 31.2 Å². The normalized spacial score (nSPS) is 17.2. The van der Waals surface area contributed by atoms with Crippen LogP contribution in [0.25, 0.3) is 11.0 Å². The van der Waals surface area contributed by atoms with Gasteiger partial charge in [-0.2, -0.15) is 0 Å². The molecule has 1 N–H and O–H groups in total. The minimum absolute atomic E-state index is 0.841. The van der Waals surface area contributed by atoms with Crippen LogP contribution in [-0.4, -0.2) is 22.6 Å². The maximum Gasteiger partial charge on any atom is 0.106 e. The Labute approximate surface area is 115 Å². The highest BCUT2D eigenvalue weighted by Gasteiger charge is 2.14. The van der Waals surface area contributed by atoms with Gasteiger partial charge in [-0.1, -0.05) is 6.07 Å². The number of benzene rings is 1. The average Bonchev–Trinajstić information content (AvgIpc) is 2.74. The van der Waals surface area contributed by atoms with Gasteiger partial charge in [-0.05, 0) is 69.8 Å². The van der Waals surface area contributed by atoms with Crippen molar-refractivity contribution in [3.8, 4) is 0 Å². The zero-order valence-electron chi connectivity index (χ0n) is 11.9. The van der Waals surface area contributed by atoms with Crippen molar-refractivity contribution in [2.24, 2.45) is 5.92 Å². The Morgan fingerprint density at radius 1 is 1.32 bits per heavy atom. The highest BCUT2D eigenvalue weighted by molar-refractivity contribution is 5.76. The van der Waals surface area contributed by atoms with E-state index in [1.807, 2.05) is 0 Å². The topological polar surface area (TPSA) is 29.9 Å². The van der Waals surface area contributed by atoms with Gasteiger partial charge < -0.3 is 9.88 Å². The highest BCUT2D eigenvalue weighted by atomic mass is 15.1. The summed E-state index contributed by atoms with van der Waals surface area (Å²) in [5, 5.41) is 3.43. The van der Waals surface area contributed by atoms with Gasteiger partial charge in [0.05, 0.1) is 11.0 Å². The van der Waals surface area contributed by atoms with Gasteiger partial charge in [0.25, 0.3) is 0 Å². The summed E-state index contributed by atoms with van der Waals surface area (Å²) in [5.41, 5.74) is 3.87. The minimum Gasteiger partial charge on any atom is -0.329 e. The molecule has 1 aliphatic heterocycles. The van der Waals surface area contributed by atoms with E-state index in [1.54, 1.807) is 0 Å². The number of hydrogen-bond donors (Lipinski definition) is 1. The van der Waals surface area contributed by atoms with Gasteiger partial charge in [0.2, 0.25) is 0 Å². The van der Waals surface area contributed by atoms with Crippen molar-refractivity contribution < 1.29 is 0 Å². The number of nitrogens with zero attached hydrogens (tertiary/aromatic N) is 2. The van der Waals surface area contributed by atoms with Crippen LogP contribution in [0.2, 0.25) is 0 Å². The van der Waals surface area contributed by atoms with Crippen LogP contribution in [-0.2, 0) is 13.0 Å². The monoisotopic (exact) mass is 257 g/mol. The predicted octanol–water partition coefficient (Wildman–Crippen LogP) is 2.91. The zero-order valence-corrected chi connectivity index (χ0v) is 11.9. The van der Waals surface area contributed by atoms with Gasteiger partial charge in [0, 0.05) is 6.54 Å². The molecule has 2 aromatic rings. The molecule has 1 saturated heterocycles. The van der Waals surface area contributed by atoms with Crippen molar-refractivity contribution >= 4 is 11.0 Å². The molecule has 19 heavy (non-hydrogen) atoms. The molecular weight excluding hydrogens is 234 g/mol. The van der Waals surface area contributed by atoms with E-state index >= 15 is 0 Å². The Morgan fingerprint density at radius 2 is 2.11 bits per heavy atom. The fraction of sp³-hybridized carbons (Fsp3) is 0.562. The van der Waals surface area contributed by atoms with Crippen LogP contribution in [0.3, 0.4) is 0 Å². The average molecular weight is 257 g/mol. The summed E-state index contributed by atoms with van der Waals surface area (Å²) in [7, 11) is 0. The van der Waals surface area contributed by atoms with Gasteiger partial charge in [0.1, 0.15) is 5.82 Å². The predicted molar refractivity (Wildman–Crippen MR) is 79.4 cm³/mol. The second-order valence-electron chi connectivity index (χ2n) is 5.62. The Hall–Kier alpha value is -1.35. The lowest BCUT2D eigenvalue weighted by Gasteiger charge is -2.22. The molecule has 1 aromatic carbocycles. The standard InChI is InChI=1S/C16H23N3/c1-3-19-12(2)18-15-11-14(4-5-16(15)19)10-13-6-8-17-9-7-13/h4-5,11,13,17H,3,6-10H2,1-2H3. The number of fused-ring (bicyclic) bond motifs is 1. The Bertz CT molecular complexity index is 565. The highest BCUT2D eigenvalue weighted by Crippen LogP contribution is 2.22. The fourth-order valence-corrected chi connectivity index (χ4v) is 3.24. The van der Waals surface area contributed by atoms with Crippen molar-refractivity contribution in [3.05, 3.63) is 29.6 Å². The molecule has 102 valence electrons. The first-order chi connectivity index (χ1) is 9.28.